The van der Waals surface area contributed by atoms with E-state index in [0.29, 0.717) is 22.2 Å². The van der Waals surface area contributed by atoms with Gasteiger partial charge in [-0.2, -0.15) is 0 Å². The molecule has 1 N–H and O–H groups in total. The summed E-state index contributed by atoms with van der Waals surface area (Å²) in [4.78, 5) is 22.6. The Balaban J connectivity index is 1.46. The average molecular weight is 458 g/mol. The number of anilines is 1. The molecule has 2 aromatic carbocycles. The van der Waals surface area contributed by atoms with Crippen molar-refractivity contribution in [2.24, 2.45) is 9.98 Å². The summed E-state index contributed by atoms with van der Waals surface area (Å²) in [5.41, 5.74) is 2.11. The number of aliphatic imine (C=N–C) groups is 2. The molecule has 1 fully saturated rings. The van der Waals surface area contributed by atoms with Crippen molar-refractivity contribution in [3.63, 3.8) is 0 Å². The molecule has 1 aliphatic carbocycles. The Bertz CT molecular complexity index is 1030. The zero-order valence-electron chi connectivity index (χ0n) is 17.5. The Hall–Kier alpha value is -2.51. The third-order valence-electron chi connectivity index (χ3n) is 5.36. The first kappa shape index (κ1) is 21.7. The zero-order valence-corrected chi connectivity index (χ0v) is 19.1. The van der Waals surface area contributed by atoms with Gasteiger partial charge in [0.15, 0.2) is 17.2 Å². The number of amides is 1. The molecule has 0 bridgehead atoms. The normalized spacial score (nSPS) is 16.7. The Morgan fingerprint density at radius 3 is 2.45 bits per heavy atom. The van der Waals surface area contributed by atoms with Gasteiger partial charge in [-0.1, -0.05) is 35.5 Å². The third kappa shape index (κ3) is 4.88. The molecule has 1 spiro atoms. The van der Waals surface area contributed by atoms with Crippen LogP contribution >= 0.6 is 23.4 Å². The van der Waals surface area contributed by atoms with Gasteiger partial charge in [0.25, 0.3) is 0 Å². The van der Waals surface area contributed by atoms with Gasteiger partial charge in [0.05, 0.1) is 25.7 Å². The number of methoxy groups -OCH3 is 2. The first-order valence-electron chi connectivity index (χ1n) is 10.1. The predicted molar refractivity (Wildman–Crippen MR) is 127 cm³/mol. The molecule has 1 saturated carbocycles. The summed E-state index contributed by atoms with van der Waals surface area (Å²) in [6.07, 6.45) is 4.15. The highest BCUT2D eigenvalue weighted by molar-refractivity contribution is 8.16. The number of nitrogens with one attached hydrogen (secondary N) is 1. The van der Waals surface area contributed by atoms with Gasteiger partial charge in [0.1, 0.15) is 5.04 Å². The fraction of sp³-hybridized carbons (Fsp3) is 0.348. The summed E-state index contributed by atoms with van der Waals surface area (Å²) in [7, 11) is 3.14. The van der Waals surface area contributed by atoms with Crippen molar-refractivity contribution in [1.29, 1.82) is 0 Å². The lowest BCUT2D eigenvalue weighted by Gasteiger charge is -2.14. The van der Waals surface area contributed by atoms with Crippen LogP contribution in [0.4, 0.5) is 5.69 Å². The lowest BCUT2D eigenvalue weighted by Crippen LogP contribution is -2.17. The lowest BCUT2D eigenvalue weighted by molar-refractivity contribution is -0.113. The summed E-state index contributed by atoms with van der Waals surface area (Å²) >= 11 is 7.47. The first-order chi connectivity index (χ1) is 15.0. The number of halogens is 1. The summed E-state index contributed by atoms with van der Waals surface area (Å²) in [6.45, 7) is 0. The van der Waals surface area contributed by atoms with E-state index in [1.807, 2.05) is 24.3 Å². The van der Waals surface area contributed by atoms with Crippen molar-refractivity contribution in [3.05, 3.63) is 53.1 Å². The summed E-state index contributed by atoms with van der Waals surface area (Å²) in [6, 6.07) is 12.9. The minimum absolute atomic E-state index is 0.122. The van der Waals surface area contributed by atoms with Gasteiger partial charge in [-0.05, 0) is 49.9 Å². The molecule has 8 heteroatoms. The van der Waals surface area contributed by atoms with Crippen LogP contribution < -0.4 is 14.8 Å². The number of benzene rings is 2. The van der Waals surface area contributed by atoms with E-state index in [1.165, 1.54) is 11.8 Å². The molecule has 162 valence electrons. The molecule has 0 aromatic heterocycles. The summed E-state index contributed by atoms with van der Waals surface area (Å²) in [5, 5.41) is 4.40. The number of thioether (sulfide) groups is 1. The van der Waals surface area contributed by atoms with Crippen LogP contribution in [-0.4, -0.2) is 42.3 Å². The second-order valence-electron chi connectivity index (χ2n) is 7.48. The largest absolute Gasteiger partial charge is 0.493 e. The topological polar surface area (TPSA) is 72.3 Å². The molecule has 2 aromatic rings. The SMILES string of the molecule is COc1ccc(NC(=O)CSC2=NC3(CCCC3)N=C2c2ccc(Cl)cc2)cc1OC. The van der Waals surface area contributed by atoms with Gasteiger partial charge in [-0.25, -0.2) is 4.99 Å². The van der Waals surface area contributed by atoms with E-state index in [1.54, 1.807) is 32.4 Å². The van der Waals surface area contributed by atoms with Crippen LogP contribution in [0.5, 0.6) is 11.5 Å². The van der Waals surface area contributed by atoms with Crippen molar-refractivity contribution in [2.45, 2.75) is 31.3 Å². The fourth-order valence-electron chi connectivity index (χ4n) is 3.83. The number of hydrogen-bond donors (Lipinski definition) is 1. The molecule has 0 saturated heterocycles. The summed E-state index contributed by atoms with van der Waals surface area (Å²) in [5.74, 6) is 1.28. The Kier molecular flexibility index (Phi) is 6.53. The number of ether oxygens (including phenoxy) is 2. The zero-order chi connectivity index (χ0) is 21.8. The van der Waals surface area contributed by atoms with Crippen LogP contribution in [0.25, 0.3) is 0 Å². The Morgan fingerprint density at radius 2 is 1.77 bits per heavy atom. The molecule has 4 rings (SSSR count). The minimum atomic E-state index is -0.364. The highest BCUT2D eigenvalue weighted by atomic mass is 35.5. The van der Waals surface area contributed by atoms with Gasteiger partial charge >= 0.3 is 0 Å². The van der Waals surface area contributed by atoms with E-state index < -0.39 is 0 Å². The van der Waals surface area contributed by atoms with Crippen LogP contribution in [0.3, 0.4) is 0 Å². The second kappa shape index (κ2) is 9.32. The first-order valence-corrected chi connectivity index (χ1v) is 11.5. The van der Waals surface area contributed by atoms with Crippen molar-refractivity contribution in [3.8, 4) is 11.5 Å². The van der Waals surface area contributed by atoms with Crippen molar-refractivity contribution >= 4 is 45.7 Å². The maximum Gasteiger partial charge on any atom is 0.234 e. The molecule has 1 heterocycles. The lowest BCUT2D eigenvalue weighted by atomic mass is 10.1. The molecule has 31 heavy (non-hydrogen) atoms. The molecule has 6 nitrogen and oxygen atoms in total. The minimum Gasteiger partial charge on any atom is -0.493 e. The van der Waals surface area contributed by atoms with E-state index in [9.17, 15) is 4.79 Å². The molecule has 1 aliphatic heterocycles. The van der Waals surface area contributed by atoms with Crippen LogP contribution in [0.1, 0.15) is 31.2 Å². The molecule has 0 radical (unpaired) electrons. The van der Waals surface area contributed by atoms with Gasteiger partial charge < -0.3 is 14.8 Å². The van der Waals surface area contributed by atoms with Crippen LogP contribution in [0.15, 0.2) is 52.4 Å². The Labute approximate surface area is 191 Å². The quantitative estimate of drug-likeness (QED) is 0.647. The van der Waals surface area contributed by atoms with Gasteiger partial charge in [0, 0.05) is 22.3 Å². The van der Waals surface area contributed by atoms with Crippen molar-refractivity contribution in [2.75, 3.05) is 25.3 Å². The number of hydrogen-bond acceptors (Lipinski definition) is 6. The maximum atomic E-state index is 12.6. The molecular formula is C23H24ClN3O3S. The van der Waals surface area contributed by atoms with E-state index in [2.05, 4.69) is 5.32 Å². The van der Waals surface area contributed by atoms with Crippen molar-refractivity contribution in [1.82, 2.24) is 0 Å². The van der Waals surface area contributed by atoms with Gasteiger partial charge in [0.2, 0.25) is 5.91 Å². The van der Waals surface area contributed by atoms with Crippen LogP contribution in [-0.2, 0) is 4.79 Å². The number of carbonyl (C=O) groups is 1. The highest BCUT2D eigenvalue weighted by Crippen LogP contribution is 2.40. The second-order valence-corrected chi connectivity index (χ2v) is 8.88. The van der Waals surface area contributed by atoms with Crippen molar-refractivity contribution < 1.29 is 14.3 Å². The predicted octanol–water partition coefficient (Wildman–Crippen LogP) is 5.20. The molecule has 2 aliphatic rings. The average Bonchev–Trinajstić information content (AvgIpc) is 3.39. The van der Waals surface area contributed by atoms with Gasteiger partial charge in [-0.3, -0.25) is 9.79 Å². The molecular weight excluding hydrogens is 434 g/mol. The smallest absolute Gasteiger partial charge is 0.234 e. The standard InChI is InChI=1S/C23H24ClN3O3S/c1-29-18-10-9-17(13-19(18)30-2)25-20(28)14-31-22-21(15-5-7-16(24)8-6-15)26-23(27-22)11-3-4-12-23/h5-10,13H,3-4,11-12,14H2,1-2H3,(H,25,28). The monoisotopic (exact) mass is 457 g/mol. The maximum absolute atomic E-state index is 12.6. The van der Waals surface area contributed by atoms with E-state index >= 15 is 0 Å². The third-order valence-corrected chi connectivity index (χ3v) is 6.58. The number of carbonyl (C=O) groups excluding carboxylic acids is 1. The van der Waals surface area contributed by atoms with E-state index in [4.69, 9.17) is 31.1 Å². The fourth-order valence-corrected chi connectivity index (χ4v) is 4.83. The Morgan fingerprint density at radius 1 is 1.06 bits per heavy atom. The highest BCUT2D eigenvalue weighted by Gasteiger charge is 2.39. The van der Waals surface area contributed by atoms with E-state index in [0.717, 1.165) is 42.0 Å². The molecule has 0 atom stereocenters. The molecule has 1 amide bonds. The van der Waals surface area contributed by atoms with Gasteiger partial charge in [-0.15, -0.1) is 0 Å². The molecule has 0 unspecified atom stereocenters. The van der Waals surface area contributed by atoms with Crippen LogP contribution in [0.2, 0.25) is 5.02 Å². The van der Waals surface area contributed by atoms with E-state index in [-0.39, 0.29) is 17.3 Å². The summed E-state index contributed by atoms with van der Waals surface area (Å²) < 4.78 is 10.5. The number of rotatable bonds is 6. The van der Waals surface area contributed by atoms with Crippen LogP contribution in [0, 0.1) is 0 Å². The number of nitrogens with zero attached hydrogens (tertiary/aromatic N) is 2.